The van der Waals surface area contributed by atoms with Crippen LogP contribution < -0.4 is 0 Å². The van der Waals surface area contributed by atoms with Crippen molar-refractivity contribution in [1.29, 1.82) is 0 Å². The Morgan fingerprint density at radius 2 is 2.00 bits per heavy atom. The van der Waals surface area contributed by atoms with Gasteiger partial charge in [-0.3, -0.25) is 0 Å². The molecule has 0 aromatic rings. The topological polar surface area (TPSA) is 0 Å². The molecular formula is C10H14. The highest BCUT2D eigenvalue weighted by molar-refractivity contribution is 5.24. The zero-order chi connectivity index (χ0) is 7.82. The molecule has 0 heterocycles. The van der Waals surface area contributed by atoms with Gasteiger partial charge in [-0.05, 0) is 12.0 Å². The van der Waals surface area contributed by atoms with Gasteiger partial charge < -0.3 is 0 Å². The zero-order valence-electron chi connectivity index (χ0n) is 6.51. The van der Waals surface area contributed by atoms with E-state index >= 15 is 0 Å². The Kier molecular flexibility index (Phi) is 5.45. The third-order valence-corrected chi connectivity index (χ3v) is 1.19. The second-order valence-electron chi connectivity index (χ2n) is 1.93. The van der Waals surface area contributed by atoms with Crippen LogP contribution in [0.2, 0.25) is 0 Å². The van der Waals surface area contributed by atoms with E-state index in [0.29, 0.717) is 0 Å². The highest BCUT2D eigenvalue weighted by atomic mass is 13.9. The lowest BCUT2D eigenvalue weighted by Crippen LogP contribution is -1.70. The van der Waals surface area contributed by atoms with Gasteiger partial charge in [0.1, 0.15) is 0 Å². The third kappa shape index (κ3) is 3.90. The molecule has 0 atom stereocenters. The first-order chi connectivity index (χ1) is 4.85. The summed E-state index contributed by atoms with van der Waals surface area (Å²) in [5.74, 6) is 0. The minimum absolute atomic E-state index is 1.04. The van der Waals surface area contributed by atoms with Crippen LogP contribution in [0.3, 0.4) is 0 Å². The van der Waals surface area contributed by atoms with Crippen molar-refractivity contribution in [3.8, 4) is 0 Å². The van der Waals surface area contributed by atoms with Gasteiger partial charge in [0.2, 0.25) is 0 Å². The largest absolute Gasteiger partial charge is 0.0991 e. The first-order valence-corrected chi connectivity index (χ1v) is 3.45. The second-order valence-corrected chi connectivity index (χ2v) is 1.93. The Labute approximate surface area is 63.3 Å². The van der Waals surface area contributed by atoms with Crippen molar-refractivity contribution in [1.82, 2.24) is 0 Å². The summed E-state index contributed by atoms with van der Waals surface area (Å²) < 4.78 is 0. The molecule has 0 rings (SSSR count). The summed E-state index contributed by atoms with van der Waals surface area (Å²) >= 11 is 0. The lowest BCUT2D eigenvalue weighted by atomic mass is 10.2. The van der Waals surface area contributed by atoms with Gasteiger partial charge in [0.25, 0.3) is 0 Å². The maximum absolute atomic E-state index is 3.62. The minimum Gasteiger partial charge on any atom is -0.0991 e. The lowest BCUT2D eigenvalue weighted by molar-refractivity contribution is 1.15. The molecule has 0 aliphatic carbocycles. The van der Waals surface area contributed by atoms with Gasteiger partial charge in [-0.15, -0.1) is 0 Å². The molecule has 0 spiro atoms. The van der Waals surface area contributed by atoms with E-state index in [1.54, 1.807) is 12.2 Å². The van der Waals surface area contributed by atoms with Gasteiger partial charge in [-0.2, -0.15) is 0 Å². The number of allylic oxidation sites excluding steroid dienone is 6. The van der Waals surface area contributed by atoms with Gasteiger partial charge in [-0.1, -0.05) is 50.5 Å². The van der Waals surface area contributed by atoms with Crippen LogP contribution in [0.1, 0.15) is 13.3 Å². The number of hydrogen-bond donors (Lipinski definition) is 0. The van der Waals surface area contributed by atoms with Gasteiger partial charge in [0.15, 0.2) is 0 Å². The van der Waals surface area contributed by atoms with Crippen LogP contribution in [0.4, 0.5) is 0 Å². The molecule has 0 aliphatic heterocycles. The highest BCUT2D eigenvalue weighted by Crippen LogP contribution is 2.01. The van der Waals surface area contributed by atoms with Crippen molar-refractivity contribution in [2.24, 2.45) is 0 Å². The van der Waals surface area contributed by atoms with Crippen LogP contribution in [0.25, 0.3) is 0 Å². The molecule has 0 saturated carbocycles. The monoisotopic (exact) mass is 134 g/mol. The Balaban J connectivity index is 4.06. The molecule has 10 heavy (non-hydrogen) atoms. The van der Waals surface area contributed by atoms with E-state index in [1.807, 2.05) is 18.2 Å². The predicted molar refractivity (Wildman–Crippen MR) is 47.9 cm³/mol. The molecule has 0 bridgehead atoms. The fraction of sp³-hybridized carbons (Fsp3) is 0.200. The fourth-order valence-electron chi connectivity index (χ4n) is 0.634. The van der Waals surface area contributed by atoms with E-state index in [-0.39, 0.29) is 0 Å². The summed E-state index contributed by atoms with van der Waals surface area (Å²) in [4.78, 5) is 0. The van der Waals surface area contributed by atoms with Gasteiger partial charge in [-0.25, -0.2) is 0 Å². The molecule has 0 fully saturated rings. The molecule has 0 N–H and O–H groups in total. The maximum Gasteiger partial charge on any atom is -0.0307 e. The molecule has 0 aliphatic rings. The fourth-order valence-corrected chi connectivity index (χ4v) is 0.634. The van der Waals surface area contributed by atoms with E-state index < -0.39 is 0 Å². The Morgan fingerprint density at radius 3 is 2.40 bits per heavy atom. The molecule has 0 heteroatoms. The van der Waals surface area contributed by atoms with E-state index in [9.17, 15) is 0 Å². The zero-order valence-corrected chi connectivity index (χ0v) is 6.51. The molecule has 54 valence electrons. The van der Waals surface area contributed by atoms with Crippen molar-refractivity contribution in [3.05, 3.63) is 49.1 Å². The molecule has 0 amide bonds. The lowest BCUT2D eigenvalue weighted by Gasteiger charge is -1.91. The summed E-state index contributed by atoms with van der Waals surface area (Å²) in [6.07, 6.45) is 10.6. The standard InChI is InChI=1S/C10H14/c1-4-7-9-10(6-3)8-5-2/h4-5,7-9H,1-2,6H2,3H3/b9-7-,10-8-. The van der Waals surface area contributed by atoms with Crippen LogP contribution in [0, 0.1) is 0 Å². The Hall–Kier alpha value is -1.04. The average molecular weight is 134 g/mol. The van der Waals surface area contributed by atoms with Gasteiger partial charge in [0, 0.05) is 0 Å². The SMILES string of the molecule is C=C/C=C\C(=C/C=C)CC. The van der Waals surface area contributed by atoms with Crippen LogP contribution in [0.5, 0.6) is 0 Å². The third-order valence-electron chi connectivity index (χ3n) is 1.19. The predicted octanol–water partition coefficient (Wildman–Crippen LogP) is 3.25. The summed E-state index contributed by atoms with van der Waals surface area (Å²) in [7, 11) is 0. The first-order valence-electron chi connectivity index (χ1n) is 3.45. The molecule has 0 aromatic heterocycles. The highest BCUT2D eigenvalue weighted by Gasteiger charge is 1.81. The van der Waals surface area contributed by atoms with Crippen LogP contribution in [-0.2, 0) is 0 Å². The van der Waals surface area contributed by atoms with Crippen LogP contribution >= 0.6 is 0 Å². The van der Waals surface area contributed by atoms with E-state index in [1.165, 1.54) is 5.57 Å². The van der Waals surface area contributed by atoms with Crippen molar-refractivity contribution >= 4 is 0 Å². The molecule has 0 nitrogen and oxygen atoms in total. The summed E-state index contributed by atoms with van der Waals surface area (Å²) in [5, 5.41) is 0. The minimum atomic E-state index is 1.04. The number of rotatable bonds is 4. The van der Waals surface area contributed by atoms with E-state index in [4.69, 9.17) is 0 Å². The van der Waals surface area contributed by atoms with Crippen molar-refractivity contribution in [3.63, 3.8) is 0 Å². The van der Waals surface area contributed by atoms with Crippen molar-refractivity contribution in [2.75, 3.05) is 0 Å². The average Bonchev–Trinajstić information content (AvgIpc) is 1.98. The van der Waals surface area contributed by atoms with Gasteiger partial charge in [0.05, 0.1) is 0 Å². The van der Waals surface area contributed by atoms with Crippen molar-refractivity contribution < 1.29 is 0 Å². The molecule has 0 saturated heterocycles. The number of hydrogen-bond acceptors (Lipinski definition) is 0. The molecule has 0 unspecified atom stereocenters. The quantitative estimate of drug-likeness (QED) is 0.518. The van der Waals surface area contributed by atoms with Crippen LogP contribution in [0.15, 0.2) is 49.1 Å². The molecule has 0 aromatic carbocycles. The Bertz CT molecular complexity index is 159. The summed E-state index contributed by atoms with van der Waals surface area (Å²) in [6.45, 7) is 9.32. The Morgan fingerprint density at radius 1 is 1.30 bits per heavy atom. The summed E-state index contributed by atoms with van der Waals surface area (Å²) in [6, 6.07) is 0. The van der Waals surface area contributed by atoms with Crippen molar-refractivity contribution in [2.45, 2.75) is 13.3 Å². The maximum atomic E-state index is 3.62. The second kappa shape index (κ2) is 6.09. The normalized spacial score (nSPS) is 11.9. The molecular weight excluding hydrogens is 120 g/mol. The van der Waals surface area contributed by atoms with Gasteiger partial charge >= 0.3 is 0 Å². The van der Waals surface area contributed by atoms with Crippen LogP contribution in [-0.4, -0.2) is 0 Å². The van der Waals surface area contributed by atoms with E-state index in [0.717, 1.165) is 6.42 Å². The first kappa shape index (κ1) is 8.96. The smallest absolute Gasteiger partial charge is 0.0307 e. The molecule has 0 radical (unpaired) electrons. The van der Waals surface area contributed by atoms with E-state index in [2.05, 4.69) is 20.1 Å². The summed E-state index contributed by atoms with van der Waals surface area (Å²) in [5.41, 5.74) is 1.27.